The van der Waals surface area contributed by atoms with Gasteiger partial charge in [0.15, 0.2) is 5.82 Å². The average molecular weight is 479 g/mol. The Bertz CT molecular complexity index is 1090. The summed E-state index contributed by atoms with van der Waals surface area (Å²) >= 11 is 0. The van der Waals surface area contributed by atoms with Crippen LogP contribution in [0.4, 0.5) is 13.2 Å². The summed E-state index contributed by atoms with van der Waals surface area (Å²) in [4.78, 5) is 2.45. The van der Waals surface area contributed by atoms with E-state index in [1.165, 1.54) is 12.1 Å². The van der Waals surface area contributed by atoms with Gasteiger partial charge in [0.2, 0.25) is 0 Å². The van der Waals surface area contributed by atoms with Gasteiger partial charge in [0.05, 0.1) is 18.0 Å². The number of hydrogen-bond donors (Lipinski definition) is 0. The largest absolute Gasteiger partial charge is 0.416 e. The number of benzene rings is 1. The van der Waals surface area contributed by atoms with Crippen LogP contribution in [0.1, 0.15) is 36.2 Å². The maximum atomic E-state index is 12.8. The van der Waals surface area contributed by atoms with Gasteiger partial charge in [-0.25, -0.2) is 0 Å². The van der Waals surface area contributed by atoms with Crippen molar-refractivity contribution in [3.8, 4) is 11.4 Å². The molecule has 1 aliphatic heterocycles. The van der Waals surface area contributed by atoms with Crippen LogP contribution in [0.15, 0.2) is 42.7 Å². The smallest absolute Gasteiger partial charge is 0.314 e. The van der Waals surface area contributed by atoms with Gasteiger partial charge in [-0.15, -0.1) is 22.6 Å². The molecule has 0 bridgehead atoms. The Morgan fingerprint density at radius 3 is 2.55 bits per heavy atom. The summed E-state index contributed by atoms with van der Waals surface area (Å²) in [6.45, 7) is 2.97. The highest BCUT2D eigenvalue weighted by Gasteiger charge is 2.60. The van der Waals surface area contributed by atoms with Crippen LogP contribution in [0.5, 0.6) is 0 Å². The van der Waals surface area contributed by atoms with Crippen molar-refractivity contribution in [3.05, 3.63) is 59.7 Å². The first-order valence-electron chi connectivity index (χ1n) is 10.9. The summed E-state index contributed by atoms with van der Waals surface area (Å²) in [7, 11) is 1.97. The monoisotopic (exact) mass is 478 g/mol. The normalized spacial score (nSPS) is 22.1. The molecule has 6 nitrogen and oxygen atoms in total. The molecule has 0 unspecified atom stereocenters. The highest BCUT2D eigenvalue weighted by Crippen LogP contribution is 2.59. The molecule has 0 radical (unpaired) electrons. The van der Waals surface area contributed by atoms with E-state index in [2.05, 4.69) is 25.3 Å². The molecule has 1 saturated heterocycles. The lowest BCUT2D eigenvalue weighted by Crippen LogP contribution is -2.27. The molecule has 10 heteroatoms. The van der Waals surface area contributed by atoms with Crippen LogP contribution in [-0.4, -0.2) is 49.5 Å². The lowest BCUT2D eigenvalue weighted by molar-refractivity contribution is -0.137. The predicted molar refractivity (Wildman–Crippen MR) is 120 cm³/mol. The summed E-state index contributed by atoms with van der Waals surface area (Å²) < 4.78 is 40.6. The molecule has 2 atom stereocenters. The maximum Gasteiger partial charge on any atom is 0.416 e. The minimum absolute atomic E-state index is 0. The van der Waals surface area contributed by atoms with Crippen LogP contribution < -0.4 is 0 Å². The maximum absolute atomic E-state index is 12.8. The van der Waals surface area contributed by atoms with Gasteiger partial charge in [-0.2, -0.15) is 23.4 Å². The van der Waals surface area contributed by atoms with E-state index in [0.29, 0.717) is 5.92 Å². The lowest BCUT2D eigenvalue weighted by Gasteiger charge is -2.21. The number of rotatable bonds is 7. The molecule has 0 amide bonds. The second kappa shape index (κ2) is 9.02. The fourth-order valence-electron chi connectivity index (χ4n) is 5.07. The quantitative estimate of drug-likeness (QED) is 0.474. The molecule has 2 aromatic heterocycles. The van der Waals surface area contributed by atoms with Gasteiger partial charge in [0.1, 0.15) is 5.82 Å². The molecular weight excluding hydrogens is 453 g/mol. The Hall–Kier alpha value is -2.52. The van der Waals surface area contributed by atoms with Gasteiger partial charge in [-0.05, 0) is 55.5 Å². The third-order valence-corrected chi connectivity index (χ3v) is 6.94. The zero-order valence-electron chi connectivity index (χ0n) is 18.3. The molecule has 5 rings (SSSR count). The van der Waals surface area contributed by atoms with Crippen LogP contribution in [0, 0.1) is 5.92 Å². The first-order chi connectivity index (χ1) is 15.4. The second-order valence-electron chi connectivity index (χ2n) is 8.95. The molecule has 1 aliphatic carbocycles. The summed E-state index contributed by atoms with van der Waals surface area (Å²) in [6, 6.07) is 7.66. The number of nitrogens with zero attached hydrogens (tertiary/aromatic N) is 6. The van der Waals surface area contributed by atoms with Crippen molar-refractivity contribution in [1.29, 1.82) is 0 Å². The molecule has 1 aromatic carbocycles. The number of aryl methyl sites for hydroxylation is 1. The van der Waals surface area contributed by atoms with Crippen molar-refractivity contribution in [2.24, 2.45) is 13.0 Å². The number of alkyl halides is 3. The third kappa shape index (κ3) is 4.61. The second-order valence-corrected chi connectivity index (χ2v) is 8.95. The molecule has 0 N–H and O–H groups in total. The van der Waals surface area contributed by atoms with E-state index >= 15 is 0 Å². The molecule has 0 spiro atoms. The van der Waals surface area contributed by atoms with Crippen LogP contribution in [0.2, 0.25) is 0 Å². The van der Waals surface area contributed by atoms with Crippen LogP contribution in [-0.2, 0) is 25.1 Å². The molecule has 33 heavy (non-hydrogen) atoms. The molecule has 176 valence electrons. The average Bonchev–Trinajstić information content (AvgIpc) is 3.16. The highest BCUT2D eigenvalue weighted by atomic mass is 35.5. The SMILES string of the molecule is Cl.Cn1c(CCCCN2C[C@@H]3C[C@]3(c3ccc(C(F)(F)F)cc3)C2)nnc1-c1ccnnc1. The predicted octanol–water partition coefficient (Wildman–Crippen LogP) is 4.31. The van der Waals surface area contributed by atoms with Crippen molar-refractivity contribution in [3.63, 3.8) is 0 Å². The number of likely N-dealkylation sites (tertiary alicyclic amines) is 1. The van der Waals surface area contributed by atoms with Gasteiger partial charge >= 0.3 is 6.18 Å². The molecule has 2 aliphatic rings. The van der Waals surface area contributed by atoms with Gasteiger partial charge in [-0.3, -0.25) is 0 Å². The number of aromatic nitrogens is 5. The Labute approximate surface area is 196 Å². The van der Waals surface area contributed by atoms with Crippen molar-refractivity contribution >= 4 is 12.4 Å². The number of fused-ring (bicyclic) bond motifs is 1. The standard InChI is InChI=1S/C23H25F3N6.ClH/c1-31-20(29-30-21(31)16-9-10-27-28-13-16)4-2-3-11-32-14-19-12-22(19,15-32)17-5-7-18(8-6-17)23(24,25)26;/h5-10,13,19H,2-4,11-12,14-15H2,1H3;1H/t19-,22+;/m0./s1. The van der Waals surface area contributed by atoms with Crippen LogP contribution >= 0.6 is 12.4 Å². The minimum atomic E-state index is -4.28. The van der Waals surface area contributed by atoms with Gasteiger partial charge in [0, 0.05) is 37.5 Å². The zero-order chi connectivity index (χ0) is 22.3. The highest BCUT2D eigenvalue weighted by molar-refractivity contribution is 5.85. The molecule has 1 saturated carbocycles. The van der Waals surface area contributed by atoms with E-state index < -0.39 is 11.7 Å². The summed E-state index contributed by atoms with van der Waals surface area (Å²) in [5, 5.41) is 16.3. The minimum Gasteiger partial charge on any atom is -0.314 e. The van der Waals surface area contributed by atoms with E-state index in [0.717, 1.165) is 68.1 Å². The molecule has 3 heterocycles. The molecule has 3 aromatic rings. The van der Waals surface area contributed by atoms with Crippen molar-refractivity contribution < 1.29 is 13.2 Å². The first-order valence-corrected chi connectivity index (χ1v) is 10.9. The third-order valence-electron chi connectivity index (χ3n) is 6.94. The fourth-order valence-corrected chi connectivity index (χ4v) is 5.07. The summed E-state index contributed by atoms with van der Waals surface area (Å²) in [5.74, 6) is 2.30. The first kappa shape index (κ1) is 23.6. The van der Waals surface area contributed by atoms with E-state index in [9.17, 15) is 13.2 Å². The summed E-state index contributed by atoms with van der Waals surface area (Å²) in [6.07, 6.45) is 3.04. The van der Waals surface area contributed by atoms with Gasteiger partial charge in [0.25, 0.3) is 0 Å². The van der Waals surface area contributed by atoms with E-state index in [1.54, 1.807) is 24.5 Å². The number of halogens is 4. The van der Waals surface area contributed by atoms with Crippen molar-refractivity contribution in [1.82, 2.24) is 29.9 Å². The summed E-state index contributed by atoms with van der Waals surface area (Å²) in [5.41, 5.74) is 1.43. The molecular formula is C23H26ClF3N6. The Balaban J connectivity index is 0.00000259. The van der Waals surface area contributed by atoms with Crippen molar-refractivity contribution in [2.75, 3.05) is 19.6 Å². The Kier molecular flexibility index (Phi) is 6.46. The fraction of sp³-hybridized carbons (Fsp3) is 0.478. The number of unbranched alkanes of at least 4 members (excludes halogenated alkanes) is 1. The van der Waals surface area contributed by atoms with Gasteiger partial charge < -0.3 is 9.47 Å². The van der Waals surface area contributed by atoms with E-state index in [-0.39, 0.29) is 17.8 Å². The van der Waals surface area contributed by atoms with Crippen molar-refractivity contribution in [2.45, 2.75) is 37.3 Å². The van der Waals surface area contributed by atoms with E-state index in [1.807, 2.05) is 17.7 Å². The van der Waals surface area contributed by atoms with E-state index in [4.69, 9.17) is 0 Å². The van der Waals surface area contributed by atoms with Crippen LogP contribution in [0.25, 0.3) is 11.4 Å². The van der Waals surface area contributed by atoms with Crippen LogP contribution in [0.3, 0.4) is 0 Å². The lowest BCUT2D eigenvalue weighted by atomic mass is 9.94. The Morgan fingerprint density at radius 1 is 1.06 bits per heavy atom. The molecule has 2 fully saturated rings. The Morgan fingerprint density at radius 2 is 1.85 bits per heavy atom. The number of hydrogen-bond acceptors (Lipinski definition) is 5. The number of piperidine rings is 1. The zero-order valence-corrected chi connectivity index (χ0v) is 19.1. The van der Waals surface area contributed by atoms with Gasteiger partial charge in [-0.1, -0.05) is 12.1 Å². The topological polar surface area (TPSA) is 59.7 Å².